The summed E-state index contributed by atoms with van der Waals surface area (Å²) in [5.74, 6) is 1.66. The monoisotopic (exact) mass is 952 g/mol. The lowest BCUT2D eigenvalue weighted by Gasteiger charge is -2.29. The lowest BCUT2D eigenvalue weighted by Crippen LogP contribution is -2.37. The second-order valence-electron chi connectivity index (χ2n) is 21.4. The van der Waals surface area contributed by atoms with Crippen LogP contribution in [0.25, 0.3) is 34.4 Å². The molecule has 12 nitrogen and oxygen atoms in total. The van der Waals surface area contributed by atoms with Crippen LogP contribution in [0.5, 0.6) is 0 Å². The molecule has 4 heterocycles. The molecule has 0 spiro atoms. The Morgan fingerprint density at radius 3 is 1.69 bits per heavy atom. The summed E-state index contributed by atoms with van der Waals surface area (Å²) >= 11 is 0. The molecule has 6 rings (SSSR count). The molecular weight excluding hydrogens is 877 g/mol. The lowest BCUT2D eigenvalue weighted by atomic mass is 10.1. The van der Waals surface area contributed by atoms with Gasteiger partial charge in [0.1, 0.15) is 36.3 Å². The van der Waals surface area contributed by atoms with Crippen LogP contribution in [0, 0.1) is 0 Å². The van der Waals surface area contributed by atoms with Gasteiger partial charge >= 0.3 is 12.2 Å². The predicted molar refractivity (Wildman–Crippen MR) is 275 cm³/mol. The third-order valence-corrected chi connectivity index (χ3v) is 14.6. The van der Waals surface area contributed by atoms with E-state index in [1.54, 1.807) is 0 Å². The van der Waals surface area contributed by atoms with Gasteiger partial charge in [-0.2, -0.15) is 27.0 Å². The van der Waals surface area contributed by atoms with E-state index in [9.17, 15) is 9.59 Å². The minimum absolute atomic E-state index is 0. The van der Waals surface area contributed by atoms with E-state index in [1.165, 1.54) is 0 Å². The Bertz CT molecular complexity index is 2200. The molecule has 2 aliphatic heterocycles. The maximum absolute atomic E-state index is 13.3. The number of likely N-dealkylation sites (tertiary alicyclic amines) is 2. The van der Waals surface area contributed by atoms with Crippen LogP contribution in [-0.2, 0) is 32.4 Å². The van der Waals surface area contributed by atoms with Crippen LogP contribution in [0.2, 0.25) is 51.4 Å². The first-order valence-corrected chi connectivity index (χ1v) is 30.0. The Morgan fingerprint density at radius 2 is 1.17 bits per heavy atom. The normalized spacial score (nSPS) is 17.2. The van der Waals surface area contributed by atoms with Crippen LogP contribution in [0.15, 0.2) is 48.7 Å². The van der Waals surface area contributed by atoms with Gasteiger partial charge in [-0.15, -0.1) is 0 Å². The maximum Gasteiger partial charge on any atom is 0.410 e. The highest BCUT2D eigenvalue weighted by atomic mass is 32.1. The SMILES string of the molecule is CC(C)(C)OC(=O)N1CCC[C@H]1c1ncc(-c2ccc(/C=C/c3ccc4nc([C@@H]5CCCN5C(=O)OC(C)(C)C)n(COCC[Si](C)(C)C)c4c3)cc2)n1COCC[Si](C)(C)C.S.S. The second kappa shape index (κ2) is 21.8. The second-order valence-corrected chi connectivity index (χ2v) is 32.6. The number of amides is 2. The Balaban J connectivity index is 0.00000449. The van der Waals surface area contributed by atoms with Crippen molar-refractivity contribution in [1.29, 1.82) is 0 Å². The van der Waals surface area contributed by atoms with Gasteiger partial charge in [0, 0.05) is 42.5 Å². The Hall–Kier alpha value is -3.55. The molecule has 2 amide bonds. The molecule has 0 unspecified atom stereocenters. The Morgan fingerprint density at radius 1 is 0.688 bits per heavy atom. The molecular formula is C48H76N6O6S2Si2. The fourth-order valence-corrected chi connectivity index (χ4v) is 9.36. The number of imidazole rings is 2. The maximum atomic E-state index is 13.3. The summed E-state index contributed by atoms with van der Waals surface area (Å²) < 4.78 is 28.6. The number of hydrogen-bond donors (Lipinski definition) is 0. The highest BCUT2D eigenvalue weighted by Crippen LogP contribution is 2.37. The van der Waals surface area contributed by atoms with E-state index >= 15 is 0 Å². The minimum Gasteiger partial charge on any atom is -0.444 e. The van der Waals surface area contributed by atoms with Crippen molar-refractivity contribution in [3.63, 3.8) is 0 Å². The van der Waals surface area contributed by atoms with Crippen molar-refractivity contribution in [1.82, 2.24) is 28.9 Å². The van der Waals surface area contributed by atoms with Crippen molar-refractivity contribution in [2.24, 2.45) is 0 Å². The van der Waals surface area contributed by atoms with Crippen molar-refractivity contribution in [2.75, 3.05) is 26.3 Å². The molecule has 354 valence electrons. The fourth-order valence-electron chi connectivity index (χ4n) is 7.85. The summed E-state index contributed by atoms with van der Waals surface area (Å²) in [5.41, 5.74) is 4.76. The molecule has 4 aromatic rings. The van der Waals surface area contributed by atoms with Crippen molar-refractivity contribution >= 4 is 78.5 Å². The first-order chi connectivity index (χ1) is 29.1. The Labute approximate surface area is 398 Å². The quantitative estimate of drug-likeness (QED) is 0.0658. The van der Waals surface area contributed by atoms with Gasteiger partial charge in [0.15, 0.2) is 0 Å². The molecule has 0 saturated carbocycles. The zero-order valence-electron chi connectivity index (χ0n) is 40.5. The average Bonchev–Trinajstić information content (AvgIpc) is 3.98. The number of carbonyl (C=O) groups excluding carboxylic acids is 2. The zero-order valence-corrected chi connectivity index (χ0v) is 44.5. The molecule has 64 heavy (non-hydrogen) atoms. The van der Waals surface area contributed by atoms with Crippen LogP contribution in [0.3, 0.4) is 0 Å². The van der Waals surface area contributed by atoms with Crippen LogP contribution >= 0.6 is 27.0 Å². The molecule has 0 aliphatic carbocycles. The summed E-state index contributed by atoms with van der Waals surface area (Å²) in [6, 6.07) is 16.6. The van der Waals surface area contributed by atoms with E-state index in [0.29, 0.717) is 39.8 Å². The third kappa shape index (κ3) is 14.5. The first-order valence-electron chi connectivity index (χ1n) is 22.5. The van der Waals surface area contributed by atoms with Gasteiger partial charge in [-0.3, -0.25) is 9.80 Å². The topological polar surface area (TPSA) is 113 Å². The van der Waals surface area contributed by atoms with Gasteiger partial charge in [0.05, 0.1) is 35.0 Å². The van der Waals surface area contributed by atoms with E-state index in [1.807, 2.05) is 57.5 Å². The summed E-state index contributed by atoms with van der Waals surface area (Å²) in [6.07, 6.45) is 8.96. The smallest absolute Gasteiger partial charge is 0.410 e. The van der Waals surface area contributed by atoms with Gasteiger partial charge < -0.3 is 28.1 Å². The van der Waals surface area contributed by atoms with Gasteiger partial charge in [-0.05, 0) is 108 Å². The standard InChI is InChI=1S/C48H72N6O6Si2.2H2S/c1-47(2,3)59-45(55)51-25-13-15-39(51)43-49-32-42(54(43)34-58-28-30-62(10,11)12)37-22-19-35(20-23-37)17-18-36-21-24-38-41(31-36)53(33-57-27-29-61(7,8)9)44(50-38)40-16-14-26-52(40)46(56)60-48(4,5)6;;/h17-24,31-32,39-40H,13-16,25-30,33-34H2,1-12H3;2*1H2/b18-17+;;/t39-,40-;;/m0../s1. The van der Waals surface area contributed by atoms with Gasteiger partial charge in [-0.25, -0.2) is 19.6 Å². The third-order valence-electron chi connectivity index (χ3n) is 11.2. The molecule has 0 N–H and O–H groups in total. The predicted octanol–water partition coefficient (Wildman–Crippen LogP) is 12.1. The van der Waals surface area contributed by atoms with Crippen molar-refractivity contribution in [2.45, 2.75) is 155 Å². The number of nitrogens with zero attached hydrogens (tertiary/aromatic N) is 6. The number of ether oxygens (including phenoxy) is 4. The molecule has 2 saturated heterocycles. The van der Waals surface area contributed by atoms with Gasteiger partial charge in [0.2, 0.25) is 0 Å². The van der Waals surface area contributed by atoms with Crippen LogP contribution < -0.4 is 0 Å². The first kappa shape index (κ1) is 53.1. The zero-order chi connectivity index (χ0) is 45.0. The van der Waals surface area contributed by atoms with E-state index in [4.69, 9.17) is 28.9 Å². The summed E-state index contributed by atoms with van der Waals surface area (Å²) in [5, 5.41) is 0. The summed E-state index contributed by atoms with van der Waals surface area (Å²) in [4.78, 5) is 40.4. The van der Waals surface area contributed by atoms with Crippen molar-refractivity contribution < 1.29 is 28.5 Å². The average molecular weight is 953 g/mol. The summed E-state index contributed by atoms with van der Waals surface area (Å²) in [6.45, 7) is 28.9. The molecule has 16 heteroatoms. The number of benzene rings is 2. The summed E-state index contributed by atoms with van der Waals surface area (Å²) in [7, 11) is -2.57. The van der Waals surface area contributed by atoms with Crippen molar-refractivity contribution in [3.05, 3.63) is 71.4 Å². The van der Waals surface area contributed by atoms with Crippen molar-refractivity contribution in [3.8, 4) is 11.3 Å². The lowest BCUT2D eigenvalue weighted by molar-refractivity contribution is 0.0195. The van der Waals surface area contributed by atoms with E-state index in [2.05, 4.69) is 103 Å². The molecule has 2 fully saturated rings. The largest absolute Gasteiger partial charge is 0.444 e. The highest BCUT2D eigenvalue weighted by molar-refractivity contribution is 7.59. The van der Waals surface area contributed by atoms with Crippen LogP contribution in [0.1, 0.15) is 102 Å². The number of carbonyl (C=O) groups is 2. The van der Waals surface area contributed by atoms with E-state index < -0.39 is 27.3 Å². The van der Waals surface area contributed by atoms with E-state index in [-0.39, 0.29) is 51.3 Å². The molecule has 2 aromatic heterocycles. The molecule has 2 atom stereocenters. The van der Waals surface area contributed by atoms with Gasteiger partial charge in [0.25, 0.3) is 0 Å². The number of hydrogen-bond acceptors (Lipinski definition) is 8. The van der Waals surface area contributed by atoms with Gasteiger partial charge in [-0.1, -0.05) is 81.8 Å². The molecule has 2 aliphatic rings. The fraction of sp³-hybridized carbons (Fsp3) is 0.583. The number of fused-ring (bicyclic) bond motifs is 1. The Kier molecular flexibility index (Phi) is 18.1. The van der Waals surface area contributed by atoms with Crippen LogP contribution in [0.4, 0.5) is 9.59 Å². The number of aromatic nitrogens is 4. The molecule has 0 radical (unpaired) electrons. The molecule has 2 aromatic carbocycles. The number of rotatable bonds is 15. The van der Waals surface area contributed by atoms with Crippen LogP contribution in [-0.4, -0.2) is 94.7 Å². The van der Waals surface area contributed by atoms with E-state index in [0.717, 1.165) is 82.8 Å². The highest BCUT2D eigenvalue weighted by Gasteiger charge is 2.38. The minimum atomic E-state index is -1.28. The molecule has 0 bridgehead atoms.